The summed E-state index contributed by atoms with van der Waals surface area (Å²) in [6.45, 7) is 1.66. The van der Waals surface area contributed by atoms with Crippen molar-refractivity contribution in [2.24, 2.45) is 5.92 Å². The van der Waals surface area contributed by atoms with E-state index in [1.165, 1.54) is 4.80 Å². The van der Waals surface area contributed by atoms with Crippen LogP contribution in [-0.4, -0.2) is 43.2 Å². The van der Waals surface area contributed by atoms with Crippen molar-refractivity contribution in [2.45, 2.75) is 38.3 Å². The molecule has 8 nitrogen and oxygen atoms in total. The number of nitrogens with zero attached hydrogens (tertiary/aromatic N) is 4. The number of nitrogens with one attached hydrogen (secondary N) is 1. The van der Waals surface area contributed by atoms with Gasteiger partial charge in [-0.05, 0) is 25.0 Å². The van der Waals surface area contributed by atoms with E-state index in [0.29, 0.717) is 18.7 Å². The maximum absolute atomic E-state index is 12.4. The highest BCUT2D eigenvalue weighted by atomic mass is 16.4. The van der Waals surface area contributed by atoms with Crippen molar-refractivity contribution >= 4 is 11.9 Å². The Bertz CT molecular complexity index is 730. The summed E-state index contributed by atoms with van der Waals surface area (Å²) in [5.41, 5.74) is 0.818. The topological polar surface area (TPSA) is 110 Å². The minimum absolute atomic E-state index is 0.301. The van der Waals surface area contributed by atoms with Crippen molar-refractivity contribution in [1.82, 2.24) is 25.5 Å². The van der Waals surface area contributed by atoms with Gasteiger partial charge in [0.2, 0.25) is 11.7 Å². The van der Waals surface area contributed by atoms with Crippen LogP contribution in [-0.2, 0) is 9.59 Å². The average molecular weight is 329 g/mol. The highest BCUT2D eigenvalue weighted by Gasteiger charge is 2.35. The van der Waals surface area contributed by atoms with Crippen molar-refractivity contribution in [3.8, 4) is 11.4 Å². The second-order valence-corrected chi connectivity index (χ2v) is 5.97. The first-order valence-electron chi connectivity index (χ1n) is 7.94. The number of rotatable bonds is 5. The number of carbonyl (C=O) groups excluding carboxylic acids is 1. The molecule has 1 unspecified atom stereocenters. The van der Waals surface area contributed by atoms with Gasteiger partial charge >= 0.3 is 5.97 Å². The van der Waals surface area contributed by atoms with Crippen LogP contribution in [0.1, 0.15) is 32.2 Å². The third kappa shape index (κ3) is 3.27. The van der Waals surface area contributed by atoms with Gasteiger partial charge < -0.3 is 10.4 Å². The van der Waals surface area contributed by atoms with Crippen LogP contribution in [0.3, 0.4) is 0 Å². The Hall–Kier alpha value is -2.77. The second-order valence-electron chi connectivity index (χ2n) is 5.97. The van der Waals surface area contributed by atoms with Crippen LogP contribution >= 0.6 is 0 Å². The molecule has 2 N–H and O–H groups in total. The van der Waals surface area contributed by atoms with E-state index < -0.39 is 17.9 Å². The van der Waals surface area contributed by atoms with Crippen molar-refractivity contribution in [1.29, 1.82) is 0 Å². The summed E-state index contributed by atoms with van der Waals surface area (Å²) < 4.78 is 0. The van der Waals surface area contributed by atoms with Gasteiger partial charge in [-0.3, -0.25) is 9.59 Å². The fourth-order valence-electron chi connectivity index (χ4n) is 2.93. The lowest BCUT2D eigenvalue weighted by atomic mass is 10.0. The smallest absolute Gasteiger partial charge is 0.308 e. The summed E-state index contributed by atoms with van der Waals surface area (Å²) in [6.07, 6.45) is 2.07. The Kier molecular flexibility index (Phi) is 4.54. The van der Waals surface area contributed by atoms with E-state index in [0.717, 1.165) is 12.0 Å². The van der Waals surface area contributed by atoms with E-state index in [9.17, 15) is 14.7 Å². The fraction of sp³-hybridized carbons (Fsp3) is 0.438. The van der Waals surface area contributed by atoms with Gasteiger partial charge in [-0.2, -0.15) is 4.80 Å². The van der Waals surface area contributed by atoms with E-state index in [4.69, 9.17) is 0 Å². The van der Waals surface area contributed by atoms with Crippen molar-refractivity contribution in [3.05, 3.63) is 30.3 Å². The molecular formula is C16H19N5O3. The Morgan fingerprint density at radius 3 is 2.75 bits per heavy atom. The van der Waals surface area contributed by atoms with Crippen LogP contribution in [0.15, 0.2) is 30.3 Å². The maximum atomic E-state index is 12.4. The summed E-state index contributed by atoms with van der Waals surface area (Å²) in [5.74, 6) is -1.25. The monoisotopic (exact) mass is 329 g/mol. The zero-order chi connectivity index (χ0) is 17.1. The molecule has 0 saturated heterocycles. The van der Waals surface area contributed by atoms with Gasteiger partial charge in [-0.15, -0.1) is 10.2 Å². The number of tetrazole rings is 1. The molecule has 1 amide bonds. The Morgan fingerprint density at radius 2 is 2.04 bits per heavy atom. The van der Waals surface area contributed by atoms with Gasteiger partial charge in [0.15, 0.2) is 0 Å². The molecule has 0 radical (unpaired) electrons. The lowest BCUT2D eigenvalue weighted by Crippen LogP contribution is -2.43. The molecule has 1 saturated carbocycles. The number of carboxylic acids is 1. The Balaban J connectivity index is 1.68. The molecule has 1 aliphatic rings. The van der Waals surface area contributed by atoms with Crippen molar-refractivity contribution in [2.75, 3.05) is 0 Å². The first kappa shape index (κ1) is 16.1. The largest absolute Gasteiger partial charge is 0.481 e. The summed E-state index contributed by atoms with van der Waals surface area (Å²) in [5, 5.41) is 24.2. The van der Waals surface area contributed by atoms with E-state index >= 15 is 0 Å². The predicted octanol–water partition coefficient (Wildman–Crippen LogP) is 1.27. The Labute approximate surface area is 138 Å². The van der Waals surface area contributed by atoms with Gasteiger partial charge in [0.1, 0.15) is 6.04 Å². The molecule has 1 aromatic heterocycles. The fourth-order valence-corrected chi connectivity index (χ4v) is 2.93. The minimum atomic E-state index is -0.865. The lowest BCUT2D eigenvalue weighted by Gasteiger charge is -2.19. The highest BCUT2D eigenvalue weighted by molar-refractivity contribution is 5.81. The molecule has 1 heterocycles. The molecule has 1 aromatic carbocycles. The highest BCUT2D eigenvalue weighted by Crippen LogP contribution is 2.26. The Morgan fingerprint density at radius 1 is 1.29 bits per heavy atom. The maximum Gasteiger partial charge on any atom is 0.308 e. The molecule has 3 rings (SSSR count). The number of hydrogen-bond donors (Lipinski definition) is 2. The number of aromatic nitrogens is 4. The van der Waals surface area contributed by atoms with Crippen LogP contribution in [0, 0.1) is 5.92 Å². The van der Waals surface area contributed by atoms with E-state index in [1.807, 2.05) is 30.3 Å². The van der Waals surface area contributed by atoms with Gasteiger partial charge in [-0.1, -0.05) is 36.8 Å². The molecule has 0 aliphatic heterocycles. The average Bonchev–Trinajstić information content (AvgIpc) is 3.24. The molecule has 126 valence electrons. The molecule has 8 heteroatoms. The van der Waals surface area contributed by atoms with Crippen molar-refractivity contribution < 1.29 is 14.7 Å². The van der Waals surface area contributed by atoms with E-state index in [-0.39, 0.29) is 11.9 Å². The number of carboxylic acid groups (broad SMARTS) is 1. The van der Waals surface area contributed by atoms with Crippen LogP contribution in [0.25, 0.3) is 11.4 Å². The lowest BCUT2D eigenvalue weighted by molar-refractivity contribution is -0.142. The first-order valence-corrected chi connectivity index (χ1v) is 7.94. The van der Waals surface area contributed by atoms with E-state index in [2.05, 4.69) is 20.7 Å². The third-order valence-corrected chi connectivity index (χ3v) is 4.35. The molecule has 24 heavy (non-hydrogen) atoms. The normalized spacial score (nSPS) is 21.4. The summed E-state index contributed by atoms with van der Waals surface area (Å²) in [4.78, 5) is 24.8. The molecule has 2 aromatic rings. The van der Waals surface area contributed by atoms with Crippen LogP contribution in [0.4, 0.5) is 0 Å². The molecule has 0 spiro atoms. The number of carbonyl (C=O) groups is 2. The molecule has 1 fully saturated rings. The molecule has 1 aliphatic carbocycles. The minimum Gasteiger partial charge on any atom is -0.481 e. The number of benzene rings is 1. The van der Waals surface area contributed by atoms with Crippen LogP contribution in [0.2, 0.25) is 0 Å². The second kappa shape index (κ2) is 6.77. The SMILES string of the molecule is CC(C(=O)N[C@@H]1CCC[C@@H]1C(=O)O)n1nnc(-c2ccccc2)n1. The van der Waals surface area contributed by atoms with Gasteiger partial charge in [0, 0.05) is 11.6 Å². The van der Waals surface area contributed by atoms with Crippen molar-refractivity contribution in [3.63, 3.8) is 0 Å². The molecule has 3 atom stereocenters. The zero-order valence-corrected chi connectivity index (χ0v) is 13.3. The van der Waals surface area contributed by atoms with Gasteiger partial charge in [-0.25, -0.2) is 0 Å². The number of aliphatic carboxylic acids is 1. The molecular weight excluding hydrogens is 310 g/mol. The summed E-state index contributed by atoms with van der Waals surface area (Å²) in [6, 6.07) is 8.37. The number of hydrogen-bond acceptors (Lipinski definition) is 5. The third-order valence-electron chi connectivity index (χ3n) is 4.35. The summed E-state index contributed by atoms with van der Waals surface area (Å²) in [7, 11) is 0. The molecule has 0 bridgehead atoms. The van der Waals surface area contributed by atoms with E-state index in [1.54, 1.807) is 6.92 Å². The summed E-state index contributed by atoms with van der Waals surface area (Å²) >= 11 is 0. The van der Waals surface area contributed by atoms with Crippen LogP contribution in [0.5, 0.6) is 0 Å². The van der Waals surface area contributed by atoms with Gasteiger partial charge in [0.25, 0.3) is 0 Å². The van der Waals surface area contributed by atoms with Crippen LogP contribution < -0.4 is 5.32 Å². The quantitative estimate of drug-likeness (QED) is 0.855. The van der Waals surface area contributed by atoms with Gasteiger partial charge in [0.05, 0.1) is 5.92 Å². The number of amides is 1. The zero-order valence-electron chi connectivity index (χ0n) is 13.3. The standard InChI is InChI=1S/C16H19N5O3/c1-10(15(22)17-13-9-5-8-12(13)16(23)24)21-19-14(18-20-21)11-6-3-2-4-7-11/h2-4,6-7,10,12-13H,5,8-9H2,1H3,(H,17,22)(H,23,24)/t10?,12-,13+/m0/s1. The first-order chi connectivity index (χ1) is 11.6. The predicted molar refractivity (Wildman–Crippen MR) is 84.9 cm³/mol.